The number of aromatic amines is 1. The number of hydrogen-bond acceptors (Lipinski definition) is 2. The van der Waals surface area contributed by atoms with Crippen molar-refractivity contribution in [1.82, 2.24) is 10.2 Å². The second-order valence-electron chi connectivity index (χ2n) is 7.26. The maximum atomic E-state index is 12.8. The third-order valence-corrected chi connectivity index (χ3v) is 5.99. The molecular weight excluding hydrogens is 274 g/mol. The average Bonchev–Trinajstić information content (AvgIpc) is 2.71. The number of anilines is 1. The van der Waals surface area contributed by atoms with E-state index in [0.717, 1.165) is 43.5 Å². The molecule has 2 N–H and O–H groups in total. The van der Waals surface area contributed by atoms with Gasteiger partial charge in [0, 0.05) is 4.87 Å². The van der Waals surface area contributed by atoms with Crippen LogP contribution in [0, 0.1) is 24.2 Å². The molecule has 1 aromatic rings. The van der Waals surface area contributed by atoms with E-state index in [9.17, 15) is 4.79 Å². The monoisotopic (exact) mass is 293 g/mol. The molecule has 1 amide bonds. The van der Waals surface area contributed by atoms with Crippen LogP contribution in [0.3, 0.4) is 0 Å². The molecule has 0 aliphatic heterocycles. The van der Waals surface area contributed by atoms with Gasteiger partial charge < -0.3 is 5.32 Å². The first-order valence-electron chi connectivity index (χ1n) is 7.48. The molecule has 2 atom stereocenters. The Balaban J connectivity index is 1.61. The molecule has 4 saturated carbocycles. The average molecular weight is 294 g/mol. The lowest BCUT2D eigenvalue weighted by molar-refractivity contribution is -0.138. The molecule has 0 unspecified atom stereocenters. The molecule has 4 nitrogen and oxygen atoms in total. The van der Waals surface area contributed by atoms with Crippen molar-refractivity contribution in [3.05, 3.63) is 11.9 Å². The van der Waals surface area contributed by atoms with Crippen LogP contribution in [0.2, 0.25) is 0 Å². The first-order valence-corrected chi connectivity index (χ1v) is 7.86. The fourth-order valence-electron chi connectivity index (χ4n) is 5.15. The highest BCUT2D eigenvalue weighted by Gasteiger charge is 2.60. The third kappa shape index (κ3) is 1.80. The normalized spacial score (nSPS) is 41.9. The molecule has 5 rings (SSSR count). The van der Waals surface area contributed by atoms with Crippen LogP contribution < -0.4 is 5.32 Å². The van der Waals surface area contributed by atoms with Crippen LogP contribution in [0.4, 0.5) is 5.69 Å². The molecule has 0 aromatic carbocycles. The summed E-state index contributed by atoms with van der Waals surface area (Å²) in [5.74, 6) is 1.44. The summed E-state index contributed by atoms with van der Waals surface area (Å²) in [5.41, 5.74) is 1.47. The van der Waals surface area contributed by atoms with Crippen molar-refractivity contribution in [3.8, 4) is 0 Å². The Morgan fingerprint density at radius 2 is 2.10 bits per heavy atom. The maximum Gasteiger partial charge on any atom is 0.230 e. The van der Waals surface area contributed by atoms with Crippen LogP contribution in [0.1, 0.15) is 44.2 Å². The fourth-order valence-corrected chi connectivity index (χ4v) is 5.84. The number of carbonyl (C=O) groups is 1. The number of halogens is 1. The van der Waals surface area contributed by atoms with Gasteiger partial charge in [0.25, 0.3) is 0 Å². The largest absolute Gasteiger partial charge is 0.323 e. The maximum absolute atomic E-state index is 12.8. The lowest BCUT2D eigenvalue weighted by atomic mass is 9.49. The number of nitrogens with zero attached hydrogens (tertiary/aromatic N) is 1. The standard InChI is InChI=1S/C15H20ClN3O/c1-9-12(7-17-19-9)18-13(20)14-3-10-2-11(4-14)6-15(16,5-10)8-14/h7,10-11H,2-6,8H2,1H3,(H,17,19)(H,18,20)/t10-,11-,14?,15?/m1/s1. The van der Waals surface area contributed by atoms with Crippen LogP contribution in [-0.4, -0.2) is 21.0 Å². The minimum absolute atomic E-state index is 0.118. The van der Waals surface area contributed by atoms with Gasteiger partial charge in [-0.1, -0.05) is 0 Å². The molecule has 0 radical (unpaired) electrons. The number of amides is 1. The summed E-state index contributed by atoms with van der Waals surface area (Å²) in [5, 5.41) is 9.91. The lowest BCUT2D eigenvalue weighted by Gasteiger charge is -2.59. The fraction of sp³-hybridized carbons (Fsp3) is 0.733. The summed E-state index contributed by atoms with van der Waals surface area (Å²) in [7, 11) is 0. The van der Waals surface area contributed by atoms with E-state index in [0.29, 0.717) is 11.8 Å². The van der Waals surface area contributed by atoms with Crippen molar-refractivity contribution in [2.45, 2.75) is 50.3 Å². The zero-order valence-electron chi connectivity index (χ0n) is 11.7. The summed E-state index contributed by atoms with van der Waals surface area (Å²) in [4.78, 5) is 12.7. The van der Waals surface area contributed by atoms with Crippen LogP contribution in [0.15, 0.2) is 6.20 Å². The zero-order valence-corrected chi connectivity index (χ0v) is 12.5. The van der Waals surface area contributed by atoms with Gasteiger partial charge in [0.1, 0.15) is 0 Å². The zero-order chi connectivity index (χ0) is 14.0. The predicted octanol–water partition coefficient (Wildman–Crippen LogP) is 3.23. The van der Waals surface area contributed by atoms with E-state index in [1.807, 2.05) is 6.92 Å². The number of rotatable bonds is 2. The Bertz CT molecular complexity index is 553. The van der Waals surface area contributed by atoms with Crippen molar-refractivity contribution in [1.29, 1.82) is 0 Å². The second-order valence-corrected chi connectivity index (χ2v) is 8.06. The Labute approximate surface area is 123 Å². The van der Waals surface area contributed by atoms with Crippen LogP contribution in [0.5, 0.6) is 0 Å². The number of H-pyrrole nitrogens is 1. The van der Waals surface area contributed by atoms with E-state index in [2.05, 4.69) is 15.5 Å². The molecule has 4 fully saturated rings. The second kappa shape index (κ2) is 4.00. The van der Waals surface area contributed by atoms with E-state index >= 15 is 0 Å². The molecule has 4 aliphatic rings. The Kier molecular flexibility index (Phi) is 2.54. The molecular formula is C15H20ClN3O. The minimum atomic E-state index is -0.241. The number of nitrogens with one attached hydrogen (secondary N) is 2. The molecule has 5 heteroatoms. The van der Waals surface area contributed by atoms with Crippen LogP contribution in [0.25, 0.3) is 0 Å². The molecule has 0 spiro atoms. The van der Waals surface area contributed by atoms with E-state index in [1.165, 1.54) is 6.42 Å². The Morgan fingerprint density at radius 1 is 1.40 bits per heavy atom. The molecule has 4 aliphatic carbocycles. The first-order chi connectivity index (χ1) is 9.48. The van der Waals surface area contributed by atoms with Gasteiger partial charge in [-0.05, 0) is 57.3 Å². The van der Waals surface area contributed by atoms with Crippen LogP contribution in [-0.2, 0) is 4.79 Å². The highest BCUT2D eigenvalue weighted by atomic mass is 35.5. The van der Waals surface area contributed by atoms with Gasteiger partial charge in [-0.2, -0.15) is 5.10 Å². The molecule has 0 saturated heterocycles. The van der Waals surface area contributed by atoms with Crippen molar-refractivity contribution >= 4 is 23.2 Å². The molecule has 1 heterocycles. The number of alkyl halides is 1. The van der Waals surface area contributed by atoms with Gasteiger partial charge in [0.05, 0.1) is 23.0 Å². The van der Waals surface area contributed by atoms with Crippen molar-refractivity contribution < 1.29 is 4.79 Å². The van der Waals surface area contributed by atoms with E-state index in [1.54, 1.807) is 6.20 Å². The topological polar surface area (TPSA) is 57.8 Å². The van der Waals surface area contributed by atoms with E-state index < -0.39 is 0 Å². The molecule has 1 aromatic heterocycles. The smallest absolute Gasteiger partial charge is 0.230 e. The molecule has 108 valence electrons. The lowest BCUT2D eigenvalue weighted by Crippen LogP contribution is -2.57. The Hall–Kier alpha value is -1.03. The highest BCUT2D eigenvalue weighted by molar-refractivity contribution is 6.24. The summed E-state index contributed by atoms with van der Waals surface area (Å²) in [6, 6.07) is 0. The Morgan fingerprint density at radius 3 is 2.65 bits per heavy atom. The molecule has 20 heavy (non-hydrogen) atoms. The summed E-state index contributed by atoms with van der Waals surface area (Å²) in [6.07, 6.45) is 8.03. The molecule has 4 bridgehead atoms. The number of carbonyl (C=O) groups excluding carboxylic acids is 1. The van der Waals surface area contributed by atoms with Crippen molar-refractivity contribution in [2.75, 3.05) is 5.32 Å². The van der Waals surface area contributed by atoms with Crippen LogP contribution >= 0.6 is 11.6 Å². The summed E-state index contributed by atoms with van der Waals surface area (Å²) in [6.45, 7) is 1.92. The number of aryl methyl sites for hydroxylation is 1. The predicted molar refractivity (Wildman–Crippen MR) is 77.7 cm³/mol. The van der Waals surface area contributed by atoms with Gasteiger partial charge in [0.2, 0.25) is 5.91 Å². The SMILES string of the molecule is Cc1[nH]ncc1NC(=O)C12C[C@H]3C[C@@H](CC(Cl)(C3)C1)C2. The first kappa shape index (κ1) is 12.7. The van der Waals surface area contributed by atoms with E-state index in [-0.39, 0.29) is 16.2 Å². The number of hydrogen-bond donors (Lipinski definition) is 2. The van der Waals surface area contributed by atoms with Crippen molar-refractivity contribution in [2.24, 2.45) is 17.3 Å². The number of aromatic nitrogens is 2. The van der Waals surface area contributed by atoms with Gasteiger partial charge in [0.15, 0.2) is 0 Å². The van der Waals surface area contributed by atoms with Gasteiger partial charge in [-0.15, -0.1) is 11.6 Å². The van der Waals surface area contributed by atoms with Crippen molar-refractivity contribution in [3.63, 3.8) is 0 Å². The van der Waals surface area contributed by atoms with Gasteiger partial charge in [-0.3, -0.25) is 9.89 Å². The van der Waals surface area contributed by atoms with Gasteiger partial charge >= 0.3 is 0 Å². The highest BCUT2D eigenvalue weighted by Crippen LogP contribution is 2.64. The van der Waals surface area contributed by atoms with Gasteiger partial charge in [-0.25, -0.2) is 0 Å². The van der Waals surface area contributed by atoms with E-state index in [4.69, 9.17) is 11.6 Å². The quantitative estimate of drug-likeness (QED) is 0.823. The summed E-state index contributed by atoms with van der Waals surface area (Å²) < 4.78 is 0. The summed E-state index contributed by atoms with van der Waals surface area (Å²) >= 11 is 6.78. The minimum Gasteiger partial charge on any atom is -0.323 e. The third-order valence-electron chi connectivity index (χ3n) is 5.55.